The van der Waals surface area contributed by atoms with Gasteiger partial charge in [0.05, 0.1) is 37.7 Å². The fraction of sp³-hybridized carbons (Fsp3) is 0.458. The van der Waals surface area contributed by atoms with Gasteiger partial charge in [0.25, 0.3) is 0 Å². The number of ether oxygens (including phenoxy) is 2. The molecule has 0 spiro atoms. The SMILES string of the molecule is CNc1cc2nc3c1ncn3C(=O)N[C@@H]1CC[C@H]1OCc1cc(cc(N3CCOC[C@H]3C)c1)N2. The Morgan fingerprint density at radius 3 is 2.91 bits per heavy atom. The largest absolute Gasteiger partial charge is 0.386 e. The lowest BCUT2D eigenvalue weighted by atomic mass is 9.89. The van der Waals surface area contributed by atoms with E-state index >= 15 is 0 Å². The van der Waals surface area contributed by atoms with Crippen LogP contribution >= 0.6 is 0 Å². The molecule has 3 aliphatic rings. The molecule has 1 aliphatic carbocycles. The molecule has 2 aromatic heterocycles. The number of rotatable bonds is 2. The number of fused-ring (bicyclic) bond motifs is 4. The number of pyridine rings is 1. The quantitative estimate of drug-likeness (QED) is 0.533. The number of carbonyl (C=O) groups is 1. The molecule has 0 unspecified atom stereocenters. The Balaban J connectivity index is 1.46. The first-order valence-corrected chi connectivity index (χ1v) is 11.8. The van der Waals surface area contributed by atoms with Gasteiger partial charge in [0.1, 0.15) is 17.7 Å². The molecule has 3 aromatic rings. The predicted octanol–water partition coefficient (Wildman–Crippen LogP) is 3.06. The predicted molar refractivity (Wildman–Crippen MR) is 130 cm³/mol. The number of hydrogen-bond acceptors (Lipinski definition) is 8. The molecule has 1 saturated carbocycles. The fourth-order valence-electron chi connectivity index (χ4n) is 4.91. The summed E-state index contributed by atoms with van der Waals surface area (Å²) in [4.78, 5) is 24.6. The van der Waals surface area contributed by atoms with Crippen LogP contribution in [0.3, 0.4) is 0 Å². The summed E-state index contributed by atoms with van der Waals surface area (Å²) in [6.45, 7) is 4.92. The van der Waals surface area contributed by atoms with Crippen LogP contribution in [0.25, 0.3) is 11.2 Å². The summed E-state index contributed by atoms with van der Waals surface area (Å²) >= 11 is 0. The van der Waals surface area contributed by atoms with Crippen molar-refractivity contribution in [2.45, 2.75) is 44.6 Å². The molecule has 3 atom stereocenters. The number of nitrogens with zero attached hydrogens (tertiary/aromatic N) is 4. The molecule has 1 amide bonds. The molecule has 34 heavy (non-hydrogen) atoms. The molecule has 2 fully saturated rings. The van der Waals surface area contributed by atoms with Gasteiger partial charge in [0, 0.05) is 37.1 Å². The lowest BCUT2D eigenvalue weighted by molar-refractivity contribution is -0.0323. The first-order chi connectivity index (χ1) is 16.6. The summed E-state index contributed by atoms with van der Waals surface area (Å²) in [5, 5.41) is 9.73. The molecule has 4 heterocycles. The maximum absolute atomic E-state index is 13.0. The Hall–Kier alpha value is -3.37. The van der Waals surface area contributed by atoms with E-state index in [9.17, 15) is 4.79 Å². The Kier molecular flexibility index (Phi) is 5.26. The summed E-state index contributed by atoms with van der Waals surface area (Å²) in [5.74, 6) is 0.629. The summed E-state index contributed by atoms with van der Waals surface area (Å²) < 4.78 is 13.4. The van der Waals surface area contributed by atoms with Crippen molar-refractivity contribution in [2.24, 2.45) is 0 Å². The van der Waals surface area contributed by atoms with Gasteiger partial charge in [-0.2, -0.15) is 0 Å². The second kappa shape index (κ2) is 8.44. The summed E-state index contributed by atoms with van der Waals surface area (Å²) in [6, 6.07) is 8.36. The molecule has 0 radical (unpaired) electrons. The minimum atomic E-state index is -0.244. The van der Waals surface area contributed by atoms with Crippen LogP contribution in [0.1, 0.15) is 25.3 Å². The van der Waals surface area contributed by atoms with Crippen LogP contribution < -0.4 is 20.9 Å². The number of carbonyl (C=O) groups excluding carboxylic acids is 1. The van der Waals surface area contributed by atoms with Crippen LogP contribution in [0, 0.1) is 0 Å². The summed E-state index contributed by atoms with van der Waals surface area (Å²) in [6.07, 6.45) is 3.33. The van der Waals surface area contributed by atoms with Crippen LogP contribution in [0.15, 0.2) is 30.6 Å². The molecule has 178 valence electrons. The third-order valence-electron chi connectivity index (χ3n) is 6.93. The van der Waals surface area contributed by atoms with Crippen molar-refractivity contribution in [1.29, 1.82) is 0 Å². The fourth-order valence-corrected chi connectivity index (χ4v) is 4.91. The van der Waals surface area contributed by atoms with E-state index in [0.29, 0.717) is 36.8 Å². The first kappa shape index (κ1) is 21.2. The number of aromatic nitrogens is 3. The van der Waals surface area contributed by atoms with Gasteiger partial charge in [-0.05, 0) is 43.5 Å². The van der Waals surface area contributed by atoms with E-state index in [1.807, 2.05) is 13.1 Å². The Bertz CT molecular complexity index is 1240. The van der Waals surface area contributed by atoms with E-state index in [0.717, 1.165) is 42.0 Å². The first-order valence-electron chi connectivity index (χ1n) is 11.8. The maximum atomic E-state index is 13.0. The highest BCUT2D eigenvalue weighted by Gasteiger charge is 2.34. The van der Waals surface area contributed by atoms with Gasteiger partial charge in [-0.15, -0.1) is 0 Å². The van der Waals surface area contributed by atoms with Gasteiger partial charge in [0.2, 0.25) is 0 Å². The number of nitrogens with one attached hydrogen (secondary N) is 3. The number of anilines is 4. The molecule has 10 nitrogen and oxygen atoms in total. The summed E-state index contributed by atoms with van der Waals surface area (Å²) in [7, 11) is 1.84. The molecule has 10 heteroatoms. The van der Waals surface area contributed by atoms with E-state index in [2.05, 4.69) is 51.0 Å². The molecule has 2 aliphatic heterocycles. The van der Waals surface area contributed by atoms with E-state index in [1.54, 1.807) is 0 Å². The van der Waals surface area contributed by atoms with Crippen molar-refractivity contribution >= 4 is 40.1 Å². The number of benzene rings is 1. The number of morpholine rings is 1. The average molecular weight is 464 g/mol. The molecular weight excluding hydrogens is 434 g/mol. The molecule has 3 N–H and O–H groups in total. The highest BCUT2D eigenvalue weighted by atomic mass is 16.5. The van der Waals surface area contributed by atoms with Crippen molar-refractivity contribution in [3.05, 3.63) is 36.2 Å². The van der Waals surface area contributed by atoms with Gasteiger partial charge >= 0.3 is 6.03 Å². The average Bonchev–Trinajstić information content (AvgIpc) is 3.25. The molecule has 1 aromatic carbocycles. The van der Waals surface area contributed by atoms with Crippen molar-refractivity contribution in [3.8, 4) is 0 Å². The lowest BCUT2D eigenvalue weighted by Crippen LogP contribution is -2.52. The van der Waals surface area contributed by atoms with Crippen LogP contribution in [0.4, 0.5) is 27.7 Å². The van der Waals surface area contributed by atoms with E-state index in [1.165, 1.54) is 10.9 Å². The van der Waals surface area contributed by atoms with E-state index < -0.39 is 0 Å². The van der Waals surface area contributed by atoms with Crippen molar-refractivity contribution < 1.29 is 14.3 Å². The minimum absolute atomic E-state index is 0.0135. The Morgan fingerprint density at radius 2 is 2.12 bits per heavy atom. The van der Waals surface area contributed by atoms with Gasteiger partial charge < -0.3 is 30.3 Å². The maximum Gasteiger partial charge on any atom is 0.328 e. The molecule has 1 saturated heterocycles. The van der Waals surface area contributed by atoms with Gasteiger partial charge in [-0.3, -0.25) is 0 Å². The topological polar surface area (TPSA) is 106 Å². The van der Waals surface area contributed by atoms with Crippen LogP contribution in [0.5, 0.6) is 0 Å². The number of imidazole rings is 1. The van der Waals surface area contributed by atoms with Crippen LogP contribution in [-0.4, -0.2) is 65.6 Å². The minimum Gasteiger partial charge on any atom is -0.386 e. The third-order valence-corrected chi connectivity index (χ3v) is 6.93. The highest BCUT2D eigenvalue weighted by molar-refractivity contribution is 5.94. The zero-order chi connectivity index (χ0) is 23.2. The van der Waals surface area contributed by atoms with Crippen molar-refractivity contribution in [2.75, 3.05) is 42.3 Å². The van der Waals surface area contributed by atoms with Crippen molar-refractivity contribution in [3.63, 3.8) is 0 Å². The Morgan fingerprint density at radius 1 is 1.21 bits per heavy atom. The van der Waals surface area contributed by atoms with Gasteiger partial charge in [-0.1, -0.05) is 0 Å². The molecule has 4 bridgehead atoms. The van der Waals surface area contributed by atoms with E-state index in [4.69, 9.17) is 14.5 Å². The molecule has 6 rings (SSSR count). The molecular formula is C24H29N7O3. The monoisotopic (exact) mass is 463 g/mol. The Labute approximate surface area is 197 Å². The normalized spacial score (nSPS) is 24.6. The second-order valence-corrected chi connectivity index (χ2v) is 9.21. The van der Waals surface area contributed by atoms with E-state index in [-0.39, 0.29) is 24.2 Å². The smallest absolute Gasteiger partial charge is 0.328 e. The highest BCUT2D eigenvalue weighted by Crippen LogP contribution is 2.32. The lowest BCUT2D eigenvalue weighted by Gasteiger charge is -2.37. The summed E-state index contributed by atoms with van der Waals surface area (Å²) in [5.41, 5.74) is 5.07. The van der Waals surface area contributed by atoms with Crippen LogP contribution in [-0.2, 0) is 16.1 Å². The number of hydrogen-bond donors (Lipinski definition) is 3. The van der Waals surface area contributed by atoms with Crippen molar-refractivity contribution in [1.82, 2.24) is 19.9 Å². The van der Waals surface area contributed by atoms with Gasteiger partial charge in [0.15, 0.2) is 5.65 Å². The zero-order valence-electron chi connectivity index (χ0n) is 19.4. The number of amides is 1. The van der Waals surface area contributed by atoms with Crippen LogP contribution in [0.2, 0.25) is 0 Å². The standard InChI is InChI=1S/C24H29N7O3/c1-14-11-33-6-5-30(14)17-8-15-7-16(9-17)27-21-10-19(25-2)22-23(29-21)31(13-26-22)24(32)28-18-3-4-20(18)34-12-15/h7-10,13-14,18,20H,3-6,11-12H2,1-2H3,(H,28,32)(H2,25,27,29)/t14-,18-,20-/m1/s1. The second-order valence-electron chi connectivity index (χ2n) is 9.21. The van der Waals surface area contributed by atoms with Gasteiger partial charge in [-0.25, -0.2) is 19.3 Å². The zero-order valence-corrected chi connectivity index (χ0v) is 19.4. The third kappa shape index (κ3) is 3.72.